The van der Waals surface area contributed by atoms with Crippen molar-refractivity contribution in [3.05, 3.63) is 30.0 Å². The highest BCUT2D eigenvalue weighted by molar-refractivity contribution is 5.99. The number of unbranched alkanes of at least 4 members (excludes halogenated alkanes) is 1. The topological polar surface area (TPSA) is 57.5 Å². The lowest BCUT2D eigenvalue weighted by Crippen LogP contribution is -2.19. The number of carbonyl (C=O) groups excluding carboxylic acids is 2. The summed E-state index contributed by atoms with van der Waals surface area (Å²) in [4.78, 5) is 23.4. The Kier molecular flexibility index (Phi) is 5.20. The van der Waals surface area contributed by atoms with Crippen LogP contribution >= 0.6 is 0 Å². The van der Waals surface area contributed by atoms with Crippen LogP contribution in [-0.4, -0.2) is 30.5 Å². The molecule has 0 saturated carbocycles. The summed E-state index contributed by atoms with van der Waals surface area (Å²) in [6, 6.07) is 4.96. The monoisotopic (exact) mass is 303 g/mol. The minimum atomic E-state index is -0.485. The van der Waals surface area contributed by atoms with Crippen molar-refractivity contribution in [2.75, 3.05) is 13.7 Å². The summed E-state index contributed by atoms with van der Waals surface area (Å²) >= 11 is 0. The predicted molar refractivity (Wildman–Crippen MR) is 84.5 cm³/mol. The number of esters is 1. The van der Waals surface area contributed by atoms with Gasteiger partial charge in [0.05, 0.1) is 13.7 Å². The molecule has 1 aromatic heterocycles. The van der Waals surface area contributed by atoms with Crippen LogP contribution in [0.2, 0.25) is 0 Å². The Morgan fingerprint density at radius 1 is 1.41 bits per heavy atom. The molecule has 1 atom stereocenters. The lowest BCUT2D eigenvalue weighted by Gasteiger charge is -2.14. The van der Waals surface area contributed by atoms with Crippen molar-refractivity contribution in [1.29, 1.82) is 0 Å². The summed E-state index contributed by atoms with van der Waals surface area (Å²) in [7, 11) is 1.58. The molecule has 0 N–H and O–H groups in total. The largest absolute Gasteiger partial charge is 0.497 e. The van der Waals surface area contributed by atoms with Gasteiger partial charge in [-0.25, -0.2) is 4.79 Å². The van der Waals surface area contributed by atoms with Crippen molar-refractivity contribution in [2.45, 2.75) is 32.7 Å². The van der Waals surface area contributed by atoms with Crippen LogP contribution in [0.25, 0.3) is 10.9 Å². The number of ether oxygens (including phenoxy) is 2. The molecule has 2 aromatic rings. The average Bonchev–Trinajstić information content (AvgIpc) is 2.91. The van der Waals surface area contributed by atoms with E-state index in [0.29, 0.717) is 17.9 Å². The van der Waals surface area contributed by atoms with Gasteiger partial charge in [-0.1, -0.05) is 13.3 Å². The fourth-order valence-corrected chi connectivity index (χ4v) is 2.35. The van der Waals surface area contributed by atoms with Gasteiger partial charge in [0.2, 0.25) is 0 Å². The third-order valence-electron chi connectivity index (χ3n) is 3.70. The van der Waals surface area contributed by atoms with Crippen molar-refractivity contribution in [1.82, 2.24) is 4.57 Å². The van der Waals surface area contributed by atoms with Gasteiger partial charge >= 0.3 is 5.97 Å². The second kappa shape index (κ2) is 7.11. The van der Waals surface area contributed by atoms with Gasteiger partial charge in [-0.05, 0) is 31.5 Å². The van der Waals surface area contributed by atoms with Crippen molar-refractivity contribution in [3.63, 3.8) is 0 Å². The van der Waals surface area contributed by atoms with Crippen LogP contribution in [0.5, 0.6) is 5.75 Å². The number of benzene rings is 1. The minimum Gasteiger partial charge on any atom is -0.497 e. The van der Waals surface area contributed by atoms with Crippen molar-refractivity contribution in [2.24, 2.45) is 0 Å². The molecule has 22 heavy (non-hydrogen) atoms. The first-order valence-electron chi connectivity index (χ1n) is 7.42. The fourth-order valence-electron chi connectivity index (χ4n) is 2.35. The van der Waals surface area contributed by atoms with E-state index in [4.69, 9.17) is 9.47 Å². The van der Waals surface area contributed by atoms with Crippen LogP contribution in [-0.2, 0) is 9.53 Å². The summed E-state index contributed by atoms with van der Waals surface area (Å²) in [5.41, 5.74) is 1.34. The number of aldehydes is 1. The molecule has 0 aliphatic rings. The van der Waals surface area contributed by atoms with E-state index >= 15 is 0 Å². The Morgan fingerprint density at radius 3 is 2.82 bits per heavy atom. The standard InChI is InChI=1S/C17H21NO4/c1-4-5-8-22-17(20)12(2)18-10-13(11-19)15-9-14(21-3)6-7-16(15)18/h6-7,9-12H,4-5,8H2,1-3H3. The Bertz CT molecular complexity index is 675. The molecule has 0 amide bonds. The first-order chi connectivity index (χ1) is 10.6. The molecule has 118 valence electrons. The van der Waals surface area contributed by atoms with Crippen molar-refractivity contribution in [3.8, 4) is 5.75 Å². The summed E-state index contributed by atoms with van der Waals surface area (Å²) < 4.78 is 12.2. The van der Waals surface area contributed by atoms with Crippen LogP contribution in [0.15, 0.2) is 24.4 Å². The Balaban J connectivity index is 2.34. The lowest BCUT2D eigenvalue weighted by atomic mass is 10.2. The van der Waals surface area contributed by atoms with Gasteiger partial charge in [0.25, 0.3) is 0 Å². The first kappa shape index (κ1) is 16.1. The normalized spacial score (nSPS) is 12.1. The van der Waals surface area contributed by atoms with Crippen LogP contribution in [0, 0.1) is 0 Å². The zero-order valence-corrected chi connectivity index (χ0v) is 13.2. The van der Waals surface area contributed by atoms with Gasteiger partial charge < -0.3 is 14.0 Å². The van der Waals surface area contributed by atoms with Gasteiger partial charge in [0, 0.05) is 22.7 Å². The zero-order valence-electron chi connectivity index (χ0n) is 13.2. The summed E-state index contributed by atoms with van der Waals surface area (Å²) in [5.74, 6) is 0.380. The van der Waals surface area contributed by atoms with E-state index in [9.17, 15) is 9.59 Å². The molecule has 0 saturated heterocycles. The minimum absolute atomic E-state index is 0.293. The van der Waals surface area contributed by atoms with E-state index in [-0.39, 0.29) is 5.97 Å². The Labute approximate surface area is 129 Å². The number of nitrogens with zero attached hydrogens (tertiary/aromatic N) is 1. The Hall–Kier alpha value is -2.30. The molecule has 1 heterocycles. The van der Waals surface area contributed by atoms with Crippen LogP contribution < -0.4 is 4.74 Å². The molecule has 1 unspecified atom stereocenters. The van der Waals surface area contributed by atoms with E-state index in [2.05, 4.69) is 0 Å². The molecular formula is C17H21NO4. The molecule has 0 aliphatic carbocycles. The zero-order chi connectivity index (χ0) is 16.1. The second-order valence-corrected chi connectivity index (χ2v) is 5.19. The number of carbonyl (C=O) groups is 2. The molecule has 5 heteroatoms. The summed E-state index contributed by atoms with van der Waals surface area (Å²) in [6.07, 6.45) is 4.29. The molecule has 0 aliphatic heterocycles. The lowest BCUT2D eigenvalue weighted by molar-refractivity contribution is -0.147. The third-order valence-corrected chi connectivity index (χ3v) is 3.70. The highest BCUT2D eigenvalue weighted by Crippen LogP contribution is 2.28. The summed E-state index contributed by atoms with van der Waals surface area (Å²) in [5, 5.41) is 0.766. The van der Waals surface area contributed by atoms with Crippen molar-refractivity contribution >= 4 is 23.2 Å². The van der Waals surface area contributed by atoms with Gasteiger partial charge in [0.1, 0.15) is 11.8 Å². The maximum Gasteiger partial charge on any atom is 0.328 e. The van der Waals surface area contributed by atoms with Crippen molar-refractivity contribution < 1.29 is 19.1 Å². The predicted octanol–water partition coefficient (Wildman–Crippen LogP) is 3.37. The van der Waals surface area contributed by atoms with E-state index in [1.165, 1.54) is 0 Å². The highest BCUT2D eigenvalue weighted by atomic mass is 16.5. The Morgan fingerprint density at radius 2 is 2.18 bits per heavy atom. The molecule has 0 fully saturated rings. The van der Waals surface area contributed by atoms with E-state index in [1.807, 2.05) is 19.1 Å². The molecule has 0 radical (unpaired) electrons. The highest BCUT2D eigenvalue weighted by Gasteiger charge is 2.20. The van der Waals surface area contributed by atoms with Crippen LogP contribution in [0.3, 0.4) is 0 Å². The van der Waals surface area contributed by atoms with Crippen LogP contribution in [0.1, 0.15) is 43.1 Å². The smallest absolute Gasteiger partial charge is 0.328 e. The second-order valence-electron chi connectivity index (χ2n) is 5.19. The molecule has 1 aromatic carbocycles. The van der Waals surface area contributed by atoms with E-state index < -0.39 is 6.04 Å². The third kappa shape index (κ3) is 3.13. The van der Waals surface area contributed by atoms with Gasteiger partial charge in [0.15, 0.2) is 6.29 Å². The summed E-state index contributed by atoms with van der Waals surface area (Å²) in [6.45, 7) is 4.24. The number of aromatic nitrogens is 1. The molecule has 2 rings (SSSR count). The fraction of sp³-hybridized carbons (Fsp3) is 0.412. The molecular weight excluding hydrogens is 282 g/mol. The number of methoxy groups -OCH3 is 1. The van der Waals surface area contributed by atoms with Gasteiger partial charge in [-0.2, -0.15) is 0 Å². The van der Waals surface area contributed by atoms with E-state index in [0.717, 1.165) is 30.0 Å². The molecule has 0 bridgehead atoms. The van der Waals surface area contributed by atoms with Crippen LogP contribution in [0.4, 0.5) is 0 Å². The average molecular weight is 303 g/mol. The SMILES string of the molecule is CCCCOC(=O)C(C)n1cc(C=O)c2cc(OC)ccc21. The van der Waals surface area contributed by atoms with E-state index in [1.54, 1.807) is 30.9 Å². The quantitative estimate of drug-likeness (QED) is 0.447. The number of hydrogen-bond acceptors (Lipinski definition) is 4. The number of rotatable bonds is 7. The number of fused-ring (bicyclic) bond motifs is 1. The number of hydrogen-bond donors (Lipinski definition) is 0. The van der Waals surface area contributed by atoms with Gasteiger partial charge in [-0.15, -0.1) is 0 Å². The first-order valence-corrected chi connectivity index (χ1v) is 7.42. The maximum atomic E-state index is 12.1. The maximum absolute atomic E-state index is 12.1. The molecule has 5 nitrogen and oxygen atoms in total. The molecule has 0 spiro atoms. The van der Waals surface area contributed by atoms with Gasteiger partial charge in [-0.3, -0.25) is 4.79 Å².